The predicted molar refractivity (Wildman–Crippen MR) is 37.9 cm³/mol. The van der Waals surface area contributed by atoms with Crippen molar-refractivity contribution in [3.63, 3.8) is 0 Å². The highest BCUT2D eigenvalue weighted by molar-refractivity contribution is 5.03. The third-order valence-electron chi connectivity index (χ3n) is 1.56. The van der Waals surface area contributed by atoms with Gasteiger partial charge in [-0.3, -0.25) is 4.68 Å². The van der Waals surface area contributed by atoms with Crippen LogP contribution in [-0.4, -0.2) is 16.0 Å². The molecule has 8 heteroatoms. The Balaban J connectivity index is 2.62. The minimum absolute atomic E-state index is 0.612. The molecule has 0 saturated carbocycles. The molecular formula is C7H6F6N2. The normalized spacial score (nSPS) is 13.2. The lowest BCUT2D eigenvalue weighted by molar-refractivity contribution is -0.142. The van der Waals surface area contributed by atoms with Crippen molar-refractivity contribution in [2.24, 2.45) is 0 Å². The summed E-state index contributed by atoms with van der Waals surface area (Å²) in [5, 5.41) is 2.98. The van der Waals surface area contributed by atoms with E-state index in [0.29, 0.717) is 10.7 Å². The van der Waals surface area contributed by atoms with Crippen LogP contribution < -0.4 is 0 Å². The Bertz CT molecular complexity index is 323. The molecule has 0 aliphatic heterocycles. The number of alkyl halides is 6. The monoisotopic (exact) mass is 232 g/mol. The number of hydrogen-bond donors (Lipinski definition) is 0. The molecule has 0 aliphatic rings. The van der Waals surface area contributed by atoms with Crippen LogP contribution in [0, 0.1) is 0 Å². The first-order valence-corrected chi connectivity index (χ1v) is 3.86. The van der Waals surface area contributed by atoms with Gasteiger partial charge in [0.2, 0.25) is 0 Å². The van der Waals surface area contributed by atoms with Gasteiger partial charge >= 0.3 is 12.4 Å². The summed E-state index contributed by atoms with van der Waals surface area (Å²) in [5.41, 5.74) is -1.19. The minimum Gasteiger partial charge on any atom is -0.272 e. The van der Waals surface area contributed by atoms with Gasteiger partial charge in [-0.15, -0.1) is 0 Å². The second-order valence-electron chi connectivity index (χ2n) is 2.83. The van der Waals surface area contributed by atoms with E-state index >= 15 is 0 Å². The van der Waals surface area contributed by atoms with Gasteiger partial charge in [-0.1, -0.05) is 0 Å². The number of aryl methyl sites for hydroxylation is 1. The molecule has 0 bridgehead atoms. The Morgan fingerprint density at radius 2 is 1.73 bits per heavy atom. The van der Waals surface area contributed by atoms with Gasteiger partial charge in [-0.05, 0) is 6.07 Å². The van der Waals surface area contributed by atoms with E-state index in [2.05, 4.69) is 5.10 Å². The molecule has 86 valence electrons. The van der Waals surface area contributed by atoms with Gasteiger partial charge in [0.25, 0.3) is 0 Å². The van der Waals surface area contributed by atoms with E-state index in [1.807, 2.05) is 0 Å². The first-order valence-electron chi connectivity index (χ1n) is 3.86. The molecule has 1 rings (SSSR count). The number of aromatic nitrogens is 2. The summed E-state index contributed by atoms with van der Waals surface area (Å²) in [7, 11) is 0. The molecule has 0 fully saturated rings. The van der Waals surface area contributed by atoms with Gasteiger partial charge in [0.05, 0.1) is 6.42 Å². The van der Waals surface area contributed by atoms with Gasteiger partial charge in [-0.2, -0.15) is 31.4 Å². The van der Waals surface area contributed by atoms with Gasteiger partial charge in [0.1, 0.15) is 0 Å². The minimum atomic E-state index is -4.62. The largest absolute Gasteiger partial charge is 0.435 e. The zero-order chi connectivity index (χ0) is 11.7. The summed E-state index contributed by atoms with van der Waals surface area (Å²) < 4.78 is 71.7. The Kier molecular flexibility index (Phi) is 2.96. The molecule has 15 heavy (non-hydrogen) atoms. The van der Waals surface area contributed by atoms with E-state index in [1.54, 1.807) is 0 Å². The van der Waals surface area contributed by atoms with Crippen LogP contribution in [0.25, 0.3) is 0 Å². The summed E-state index contributed by atoms with van der Waals surface area (Å²) >= 11 is 0. The van der Waals surface area contributed by atoms with Crippen molar-refractivity contribution in [3.05, 3.63) is 18.0 Å². The maximum Gasteiger partial charge on any atom is 0.435 e. The van der Waals surface area contributed by atoms with Crippen molar-refractivity contribution in [2.75, 3.05) is 0 Å². The van der Waals surface area contributed by atoms with Crippen LogP contribution in [0.15, 0.2) is 12.3 Å². The summed E-state index contributed by atoms with van der Waals surface area (Å²) in [6.45, 7) is -0.612. The summed E-state index contributed by atoms with van der Waals surface area (Å²) in [5.74, 6) is 0. The summed E-state index contributed by atoms with van der Waals surface area (Å²) in [6, 6.07) is 0.635. The molecule has 0 saturated heterocycles. The van der Waals surface area contributed by atoms with Crippen LogP contribution in [-0.2, 0) is 12.7 Å². The zero-order valence-corrected chi connectivity index (χ0v) is 7.23. The van der Waals surface area contributed by atoms with Crippen molar-refractivity contribution in [2.45, 2.75) is 25.3 Å². The average molecular weight is 232 g/mol. The molecule has 1 aromatic heterocycles. The van der Waals surface area contributed by atoms with Crippen LogP contribution in [0.1, 0.15) is 12.1 Å². The lowest BCUT2D eigenvalue weighted by Gasteiger charge is -2.06. The molecule has 0 radical (unpaired) electrons. The van der Waals surface area contributed by atoms with Gasteiger partial charge < -0.3 is 0 Å². The first kappa shape index (κ1) is 11.9. The van der Waals surface area contributed by atoms with Crippen LogP contribution in [0.3, 0.4) is 0 Å². The molecule has 0 unspecified atom stereocenters. The second kappa shape index (κ2) is 3.74. The smallest absolute Gasteiger partial charge is 0.272 e. The van der Waals surface area contributed by atoms with Gasteiger partial charge in [-0.25, -0.2) is 0 Å². The summed E-state index contributed by atoms with van der Waals surface area (Å²) in [4.78, 5) is 0. The van der Waals surface area contributed by atoms with E-state index in [0.717, 1.165) is 6.20 Å². The summed E-state index contributed by atoms with van der Waals surface area (Å²) in [6.07, 6.45) is -9.35. The number of hydrogen-bond acceptors (Lipinski definition) is 1. The standard InChI is InChI=1S/C7H6F6N2/c8-6(9,10)2-4-15-3-1-5(14-15)7(11,12)13/h1,3H,2,4H2. The Labute approximate surface area is 80.5 Å². The first-order chi connectivity index (χ1) is 6.68. The SMILES string of the molecule is FC(F)(F)CCn1ccc(C(F)(F)F)n1. The quantitative estimate of drug-likeness (QED) is 0.717. The van der Waals surface area contributed by atoms with Crippen molar-refractivity contribution in [3.8, 4) is 0 Å². The second-order valence-corrected chi connectivity index (χ2v) is 2.83. The molecule has 0 N–H and O–H groups in total. The molecule has 0 atom stereocenters. The molecule has 1 aromatic rings. The highest BCUT2D eigenvalue weighted by atomic mass is 19.4. The predicted octanol–water partition coefficient (Wildman–Crippen LogP) is 2.85. The van der Waals surface area contributed by atoms with Crippen molar-refractivity contribution >= 4 is 0 Å². The maximum absolute atomic E-state index is 12.0. The van der Waals surface area contributed by atoms with Crippen molar-refractivity contribution in [1.29, 1.82) is 0 Å². The fourth-order valence-corrected chi connectivity index (χ4v) is 0.879. The average Bonchev–Trinajstić information content (AvgIpc) is 2.45. The zero-order valence-electron chi connectivity index (χ0n) is 7.23. The molecule has 0 aromatic carbocycles. The van der Waals surface area contributed by atoms with E-state index in [1.165, 1.54) is 0 Å². The Hall–Kier alpha value is -1.21. The van der Waals surface area contributed by atoms with E-state index < -0.39 is 31.0 Å². The van der Waals surface area contributed by atoms with Crippen molar-refractivity contribution in [1.82, 2.24) is 9.78 Å². The van der Waals surface area contributed by atoms with Crippen LogP contribution in [0.5, 0.6) is 0 Å². The maximum atomic E-state index is 12.0. The molecule has 0 spiro atoms. The molecule has 2 nitrogen and oxygen atoms in total. The van der Waals surface area contributed by atoms with Gasteiger partial charge in [0.15, 0.2) is 5.69 Å². The Morgan fingerprint density at radius 3 is 2.13 bits per heavy atom. The molecule has 1 heterocycles. The fraction of sp³-hybridized carbons (Fsp3) is 0.571. The highest BCUT2D eigenvalue weighted by Crippen LogP contribution is 2.27. The third kappa shape index (κ3) is 3.80. The molecule has 0 aliphatic carbocycles. The molecular weight excluding hydrogens is 226 g/mol. The highest BCUT2D eigenvalue weighted by Gasteiger charge is 2.34. The third-order valence-corrected chi connectivity index (χ3v) is 1.56. The van der Waals surface area contributed by atoms with Crippen molar-refractivity contribution < 1.29 is 26.3 Å². The molecule has 0 amide bonds. The van der Waals surface area contributed by atoms with Crippen LogP contribution in [0.2, 0.25) is 0 Å². The topological polar surface area (TPSA) is 17.8 Å². The van der Waals surface area contributed by atoms with E-state index in [4.69, 9.17) is 0 Å². The van der Waals surface area contributed by atoms with E-state index in [-0.39, 0.29) is 0 Å². The fourth-order valence-electron chi connectivity index (χ4n) is 0.879. The van der Waals surface area contributed by atoms with Crippen LogP contribution >= 0.6 is 0 Å². The van der Waals surface area contributed by atoms with Crippen LogP contribution in [0.4, 0.5) is 26.3 Å². The lowest BCUT2D eigenvalue weighted by atomic mass is 10.4. The Morgan fingerprint density at radius 1 is 1.13 bits per heavy atom. The van der Waals surface area contributed by atoms with Gasteiger partial charge in [0, 0.05) is 12.7 Å². The van der Waals surface area contributed by atoms with E-state index in [9.17, 15) is 26.3 Å². The number of halogens is 6. The number of nitrogens with zero attached hydrogens (tertiary/aromatic N) is 2. The lowest BCUT2D eigenvalue weighted by Crippen LogP contribution is -2.13. The number of rotatable bonds is 2.